The molecule has 0 saturated carbocycles. The maximum absolute atomic E-state index is 5.81. The molecule has 1 unspecified atom stereocenters. The summed E-state index contributed by atoms with van der Waals surface area (Å²) in [6.45, 7) is 4.98. The Morgan fingerprint density at radius 3 is 2.62 bits per heavy atom. The quantitative estimate of drug-likeness (QED) is 0.828. The molecule has 0 fully saturated rings. The van der Waals surface area contributed by atoms with Gasteiger partial charge in [-0.2, -0.15) is 0 Å². The summed E-state index contributed by atoms with van der Waals surface area (Å²) in [6, 6.07) is 6.44. The minimum absolute atomic E-state index is 0.153. The summed E-state index contributed by atoms with van der Waals surface area (Å²) in [5.74, 6) is 0.903. The highest BCUT2D eigenvalue weighted by molar-refractivity contribution is 5.59. The zero-order chi connectivity index (χ0) is 12.1. The molecule has 1 aromatic rings. The number of hydrogen-bond acceptors (Lipinski definition) is 3. The zero-order valence-corrected chi connectivity index (χ0v) is 10.7. The smallest absolute Gasteiger partial charge is 0.142 e. The maximum Gasteiger partial charge on any atom is 0.142 e. The van der Waals surface area contributed by atoms with E-state index in [0.29, 0.717) is 0 Å². The molecule has 0 aliphatic heterocycles. The van der Waals surface area contributed by atoms with E-state index in [4.69, 9.17) is 10.5 Å². The number of likely N-dealkylation sites (N-methyl/N-ethyl adjacent to an activating group) is 1. The van der Waals surface area contributed by atoms with Gasteiger partial charge in [0.1, 0.15) is 5.75 Å². The minimum atomic E-state index is 0.153. The van der Waals surface area contributed by atoms with Gasteiger partial charge in [0.2, 0.25) is 0 Å². The lowest BCUT2D eigenvalue weighted by molar-refractivity contribution is 0.414. The molecule has 0 spiro atoms. The van der Waals surface area contributed by atoms with Crippen molar-refractivity contribution in [1.82, 2.24) is 0 Å². The summed E-state index contributed by atoms with van der Waals surface area (Å²) < 4.78 is 5.37. The van der Waals surface area contributed by atoms with Crippen molar-refractivity contribution in [2.45, 2.75) is 26.3 Å². The van der Waals surface area contributed by atoms with Gasteiger partial charge in [0, 0.05) is 19.6 Å². The predicted molar refractivity (Wildman–Crippen MR) is 69.3 cm³/mol. The molecule has 16 heavy (non-hydrogen) atoms. The van der Waals surface area contributed by atoms with Gasteiger partial charge in [-0.25, -0.2) is 0 Å². The highest BCUT2D eigenvalue weighted by Gasteiger charge is 2.10. The van der Waals surface area contributed by atoms with E-state index in [0.717, 1.165) is 24.4 Å². The lowest BCUT2D eigenvalue weighted by Gasteiger charge is -2.24. The van der Waals surface area contributed by atoms with E-state index in [1.807, 2.05) is 20.0 Å². The Balaban J connectivity index is 2.98. The van der Waals surface area contributed by atoms with Crippen LogP contribution < -0.4 is 15.4 Å². The van der Waals surface area contributed by atoms with Crippen LogP contribution in [0.5, 0.6) is 5.75 Å². The van der Waals surface area contributed by atoms with Crippen molar-refractivity contribution in [3.05, 3.63) is 23.8 Å². The molecule has 0 aliphatic carbocycles. The molecule has 1 aromatic carbocycles. The third-order valence-corrected chi connectivity index (χ3v) is 2.62. The van der Waals surface area contributed by atoms with E-state index < -0.39 is 0 Å². The molecule has 1 atom stereocenters. The van der Waals surface area contributed by atoms with Crippen molar-refractivity contribution in [1.29, 1.82) is 0 Å². The fraction of sp³-hybridized carbons (Fsp3) is 0.538. The van der Waals surface area contributed by atoms with E-state index in [1.54, 1.807) is 7.11 Å². The third kappa shape index (κ3) is 3.14. The molecule has 0 heterocycles. The van der Waals surface area contributed by atoms with E-state index in [9.17, 15) is 0 Å². The highest BCUT2D eigenvalue weighted by atomic mass is 16.5. The van der Waals surface area contributed by atoms with Crippen LogP contribution in [-0.2, 0) is 6.42 Å². The van der Waals surface area contributed by atoms with Gasteiger partial charge in [-0.05, 0) is 31.0 Å². The molecule has 0 radical (unpaired) electrons. The second-order valence-electron chi connectivity index (χ2n) is 4.22. The predicted octanol–water partition coefficient (Wildman–Crippen LogP) is 2.04. The van der Waals surface area contributed by atoms with Crippen LogP contribution in [0.2, 0.25) is 0 Å². The molecule has 0 aromatic heterocycles. The number of methoxy groups -OCH3 is 1. The minimum Gasteiger partial charge on any atom is -0.495 e. The first-order valence-electron chi connectivity index (χ1n) is 5.72. The second kappa shape index (κ2) is 5.75. The fourth-order valence-corrected chi connectivity index (χ4v) is 1.78. The third-order valence-electron chi connectivity index (χ3n) is 2.62. The normalized spacial score (nSPS) is 12.3. The van der Waals surface area contributed by atoms with Gasteiger partial charge in [-0.1, -0.05) is 13.0 Å². The SMILES string of the molecule is CCc1ccc(OC)c(N(C)CC(C)N)c1. The average Bonchev–Trinajstić information content (AvgIpc) is 2.27. The summed E-state index contributed by atoms with van der Waals surface area (Å²) >= 11 is 0. The Morgan fingerprint density at radius 2 is 2.12 bits per heavy atom. The zero-order valence-electron chi connectivity index (χ0n) is 10.7. The maximum atomic E-state index is 5.81. The van der Waals surface area contributed by atoms with Crippen LogP contribution in [0.4, 0.5) is 5.69 Å². The van der Waals surface area contributed by atoms with E-state index in [2.05, 4.69) is 24.0 Å². The molecule has 0 saturated heterocycles. The van der Waals surface area contributed by atoms with E-state index in [-0.39, 0.29) is 6.04 Å². The van der Waals surface area contributed by atoms with Crippen molar-refractivity contribution in [2.24, 2.45) is 5.73 Å². The summed E-state index contributed by atoms with van der Waals surface area (Å²) in [5.41, 5.74) is 8.23. The van der Waals surface area contributed by atoms with E-state index >= 15 is 0 Å². The van der Waals surface area contributed by atoms with Gasteiger partial charge in [0.25, 0.3) is 0 Å². The molecular formula is C13H22N2O. The molecule has 3 nitrogen and oxygen atoms in total. The van der Waals surface area contributed by atoms with Crippen LogP contribution in [0.3, 0.4) is 0 Å². The summed E-state index contributed by atoms with van der Waals surface area (Å²) in [6.07, 6.45) is 1.03. The standard InChI is InChI=1S/C13H22N2O/c1-5-11-6-7-13(16-4)12(8-11)15(3)9-10(2)14/h6-8,10H,5,9,14H2,1-4H3. The number of rotatable bonds is 5. The van der Waals surface area contributed by atoms with Gasteiger partial charge in [-0.15, -0.1) is 0 Å². The number of ether oxygens (including phenoxy) is 1. The monoisotopic (exact) mass is 222 g/mol. The summed E-state index contributed by atoms with van der Waals surface area (Å²) in [4.78, 5) is 2.14. The fourth-order valence-electron chi connectivity index (χ4n) is 1.78. The largest absolute Gasteiger partial charge is 0.495 e. The first-order valence-corrected chi connectivity index (χ1v) is 5.72. The Bertz CT molecular complexity index is 337. The Kier molecular flexibility index (Phi) is 4.62. The topological polar surface area (TPSA) is 38.5 Å². The van der Waals surface area contributed by atoms with Crippen LogP contribution >= 0.6 is 0 Å². The molecule has 0 amide bonds. The summed E-state index contributed by atoms with van der Waals surface area (Å²) in [5, 5.41) is 0. The van der Waals surface area contributed by atoms with Crippen LogP contribution in [0.15, 0.2) is 18.2 Å². The van der Waals surface area contributed by atoms with Crippen LogP contribution in [0, 0.1) is 0 Å². The van der Waals surface area contributed by atoms with Crippen molar-refractivity contribution >= 4 is 5.69 Å². The number of nitrogens with zero attached hydrogens (tertiary/aromatic N) is 1. The van der Waals surface area contributed by atoms with Gasteiger partial charge >= 0.3 is 0 Å². The average molecular weight is 222 g/mol. The number of anilines is 1. The Hall–Kier alpha value is -1.22. The summed E-state index contributed by atoms with van der Waals surface area (Å²) in [7, 11) is 3.74. The van der Waals surface area contributed by atoms with Crippen molar-refractivity contribution in [2.75, 3.05) is 25.6 Å². The van der Waals surface area contributed by atoms with Gasteiger partial charge in [-0.3, -0.25) is 0 Å². The van der Waals surface area contributed by atoms with Crippen molar-refractivity contribution in [3.8, 4) is 5.75 Å². The molecule has 2 N–H and O–H groups in total. The highest BCUT2D eigenvalue weighted by Crippen LogP contribution is 2.28. The first kappa shape index (κ1) is 12.8. The van der Waals surface area contributed by atoms with Crippen LogP contribution in [-0.4, -0.2) is 26.7 Å². The second-order valence-corrected chi connectivity index (χ2v) is 4.22. The number of aryl methyl sites for hydroxylation is 1. The molecule has 0 aliphatic rings. The molecule has 90 valence electrons. The molecule has 3 heteroatoms. The number of hydrogen-bond donors (Lipinski definition) is 1. The van der Waals surface area contributed by atoms with Crippen LogP contribution in [0.25, 0.3) is 0 Å². The lowest BCUT2D eigenvalue weighted by Crippen LogP contribution is -2.33. The van der Waals surface area contributed by atoms with Gasteiger partial charge in [0.15, 0.2) is 0 Å². The molecular weight excluding hydrogens is 200 g/mol. The number of nitrogens with two attached hydrogens (primary N) is 1. The number of benzene rings is 1. The van der Waals surface area contributed by atoms with Crippen molar-refractivity contribution < 1.29 is 4.74 Å². The Labute approximate surface area is 98.2 Å². The van der Waals surface area contributed by atoms with Crippen molar-refractivity contribution in [3.63, 3.8) is 0 Å². The molecule has 0 bridgehead atoms. The Morgan fingerprint density at radius 1 is 1.44 bits per heavy atom. The van der Waals surface area contributed by atoms with E-state index in [1.165, 1.54) is 5.56 Å². The van der Waals surface area contributed by atoms with Gasteiger partial charge < -0.3 is 15.4 Å². The molecule has 1 rings (SSSR count). The van der Waals surface area contributed by atoms with Crippen LogP contribution in [0.1, 0.15) is 19.4 Å². The van der Waals surface area contributed by atoms with Gasteiger partial charge in [0.05, 0.1) is 12.8 Å². The first-order chi connectivity index (χ1) is 7.58. The lowest BCUT2D eigenvalue weighted by atomic mass is 10.1.